The minimum atomic E-state index is -1.08. The van der Waals surface area contributed by atoms with Crippen LogP contribution in [0.2, 0.25) is 0 Å². The summed E-state index contributed by atoms with van der Waals surface area (Å²) in [6.45, 7) is 4.28. The van der Waals surface area contributed by atoms with Crippen LogP contribution in [0.3, 0.4) is 0 Å². The van der Waals surface area contributed by atoms with E-state index in [0.29, 0.717) is 31.3 Å². The Morgan fingerprint density at radius 3 is 2.65 bits per heavy atom. The highest BCUT2D eigenvalue weighted by atomic mass is 16.6. The van der Waals surface area contributed by atoms with Crippen LogP contribution < -0.4 is 0 Å². The third-order valence-corrected chi connectivity index (χ3v) is 10.3. The van der Waals surface area contributed by atoms with Gasteiger partial charge in [0.1, 0.15) is 11.2 Å². The Hall–Kier alpha value is -1.73. The van der Waals surface area contributed by atoms with E-state index in [2.05, 4.69) is 13.8 Å². The molecule has 0 amide bonds. The summed E-state index contributed by atoms with van der Waals surface area (Å²) in [5.74, 6) is -1.59. The molecule has 2 spiro atoms. The van der Waals surface area contributed by atoms with Gasteiger partial charge in [-0.25, -0.2) is 0 Å². The number of hydrogen-bond acceptors (Lipinski definition) is 7. The van der Waals surface area contributed by atoms with E-state index in [-0.39, 0.29) is 35.1 Å². The molecule has 0 aromatic carbocycles. The summed E-state index contributed by atoms with van der Waals surface area (Å²) in [6, 6.07) is 0. The molecule has 3 saturated carbocycles. The van der Waals surface area contributed by atoms with E-state index in [1.54, 1.807) is 6.08 Å². The molecule has 0 radical (unpaired) electrons. The van der Waals surface area contributed by atoms with Crippen molar-refractivity contribution in [3.8, 4) is 0 Å². The molecule has 0 unspecified atom stereocenters. The molecule has 0 bridgehead atoms. The molecule has 0 aromatic rings. The molecule has 6 aliphatic rings. The van der Waals surface area contributed by atoms with Crippen LogP contribution in [-0.4, -0.2) is 53.3 Å². The van der Waals surface area contributed by atoms with Crippen LogP contribution in [0, 0.1) is 28.6 Å². The summed E-state index contributed by atoms with van der Waals surface area (Å²) >= 11 is 0. The molecule has 9 atom stereocenters. The molecule has 31 heavy (non-hydrogen) atoms. The first kappa shape index (κ1) is 19.9. The van der Waals surface area contributed by atoms with E-state index >= 15 is 0 Å². The maximum absolute atomic E-state index is 13.1. The van der Waals surface area contributed by atoms with E-state index in [0.717, 1.165) is 19.3 Å². The number of esters is 2. The average Bonchev–Trinajstić information content (AvgIpc) is 3.23. The Morgan fingerprint density at radius 1 is 1.19 bits per heavy atom. The fraction of sp³-hybridized carbons (Fsp3) is 0.792. The molecule has 168 valence electrons. The van der Waals surface area contributed by atoms with Crippen LogP contribution in [0.1, 0.15) is 58.8 Å². The fourth-order valence-electron chi connectivity index (χ4n) is 8.74. The van der Waals surface area contributed by atoms with Crippen LogP contribution in [0.4, 0.5) is 0 Å². The maximum Gasteiger partial charge on any atom is 0.312 e. The van der Waals surface area contributed by atoms with Crippen molar-refractivity contribution in [1.29, 1.82) is 0 Å². The van der Waals surface area contributed by atoms with E-state index in [1.807, 2.05) is 0 Å². The summed E-state index contributed by atoms with van der Waals surface area (Å²) in [5.41, 5.74) is -1.29. The zero-order valence-electron chi connectivity index (χ0n) is 18.3. The number of aliphatic hydroxyl groups is 1. The first-order valence-electron chi connectivity index (χ1n) is 11.5. The number of aliphatic hydroxyl groups excluding tert-OH is 1. The molecule has 7 heteroatoms. The van der Waals surface area contributed by atoms with Crippen LogP contribution >= 0.6 is 0 Å². The third-order valence-electron chi connectivity index (χ3n) is 10.3. The topological polar surface area (TPSA) is 102 Å². The normalized spacial score (nSPS) is 54.3. The number of epoxide rings is 1. The smallest absolute Gasteiger partial charge is 0.312 e. The molecule has 1 N–H and O–H groups in total. The van der Waals surface area contributed by atoms with Crippen molar-refractivity contribution in [2.45, 2.75) is 82.2 Å². The Morgan fingerprint density at radius 2 is 1.97 bits per heavy atom. The lowest BCUT2D eigenvalue weighted by Crippen LogP contribution is -2.66. The average molecular weight is 430 g/mol. The van der Waals surface area contributed by atoms with Crippen LogP contribution in [-0.2, 0) is 28.6 Å². The first-order valence-corrected chi connectivity index (χ1v) is 11.5. The zero-order chi connectivity index (χ0) is 22.0. The Kier molecular flexibility index (Phi) is 3.72. The maximum atomic E-state index is 13.1. The number of methoxy groups -OCH3 is 1. The molecule has 6 rings (SSSR count). The van der Waals surface area contributed by atoms with Gasteiger partial charge >= 0.3 is 11.9 Å². The lowest BCUT2D eigenvalue weighted by Gasteiger charge is -2.59. The van der Waals surface area contributed by atoms with Crippen LogP contribution in [0.25, 0.3) is 0 Å². The predicted octanol–water partition coefficient (Wildman–Crippen LogP) is 2.10. The van der Waals surface area contributed by atoms with Crippen molar-refractivity contribution in [3.05, 3.63) is 11.6 Å². The fourth-order valence-corrected chi connectivity index (χ4v) is 8.74. The standard InChI is InChI=1S/C24H30O7/c1-21-7-4-12(25)10-14(21)19(27)17(20(28)29-3)18-13-5-8-23(9-6-16(26)31-23)22(13,2)11-15-24(18,21)30-15/h10,13,15,17-19,27H,4-9,11H2,1-3H3/t13-,15+,17-,18+,19-,21-,22-,23+,24+/m0/s1. The van der Waals surface area contributed by atoms with Crippen LogP contribution in [0.5, 0.6) is 0 Å². The third kappa shape index (κ3) is 2.06. The monoisotopic (exact) mass is 430 g/mol. The number of ether oxygens (including phenoxy) is 3. The minimum absolute atomic E-state index is 0.0134. The number of rotatable bonds is 1. The molecule has 2 aliphatic heterocycles. The van der Waals surface area contributed by atoms with E-state index in [1.165, 1.54) is 7.11 Å². The van der Waals surface area contributed by atoms with Gasteiger partial charge in [0.05, 0.1) is 25.2 Å². The highest BCUT2D eigenvalue weighted by Crippen LogP contribution is 2.78. The molecule has 2 heterocycles. The number of carbonyl (C=O) groups is 3. The molecule has 0 aromatic heterocycles. The summed E-state index contributed by atoms with van der Waals surface area (Å²) < 4.78 is 17.7. The van der Waals surface area contributed by atoms with Gasteiger partial charge in [0.25, 0.3) is 0 Å². The van der Waals surface area contributed by atoms with E-state index < -0.39 is 34.6 Å². The predicted molar refractivity (Wildman–Crippen MR) is 107 cm³/mol. The number of fused-ring (bicyclic) bond motifs is 4. The van der Waals surface area contributed by atoms with E-state index in [9.17, 15) is 19.5 Å². The summed E-state index contributed by atoms with van der Waals surface area (Å²) in [6.07, 6.45) is 4.91. The summed E-state index contributed by atoms with van der Waals surface area (Å²) in [7, 11) is 1.35. The Labute approximate surface area is 181 Å². The van der Waals surface area contributed by atoms with Gasteiger partial charge < -0.3 is 19.3 Å². The molecule has 5 fully saturated rings. The molecule has 7 nitrogen and oxygen atoms in total. The SMILES string of the molecule is COC(=O)[C@H]1[C@H]2[C@@H]3CC[C@@]4(CCC(=O)O4)[C@@]3(C)C[C@H]3O[C@@]23[C@@]2(C)CCC(=O)C=C2[C@@H]1O. The summed E-state index contributed by atoms with van der Waals surface area (Å²) in [5, 5.41) is 11.5. The van der Waals surface area contributed by atoms with Crippen LogP contribution in [0.15, 0.2) is 11.6 Å². The highest BCUT2D eigenvalue weighted by Gasteiger charge is 2.84. The molecular weight excluding hydrogens is 400 g/mol. The number of carbonyl (C=O) groups excluding carboxylic acids is 3. The van der Waals surface area contributed by atoms with Gasteiger partial charge in [0, 0.05) is 29.6 Å². The minimum Gasteiger partial charge on any atom is -0.469 e. The highest BCUT2D eigenvalue weighted by molar-refractivity contribution is 5.92. The van der Waals surface area contributed by atoms with Gasteiger partial charge in [-0.3, -0.25) is 14.4 Å². The van der Waals surface area contributed by atoms with Crippen molar-refractivity contribution in [1.82, 2.24) is 0 Å². The van der Waals surface area contributed by atoms with Crippen molar-refractivity contribution in [2.24, 2.45) is 28.6 Å². The second-order valence-electron chi connectivity index (χ2n) is 11.1. The molecule has 4 aliphatic carbocycles. The lowest BCUT2D eigenvalue weighted by molar-refractivity contribution is -0.179. The quantitative estimate of drug-likeness (QED) is 0.502. The number of ketones is 1. The molecular formula is C24H30O7. The largest absolute Gasteiger partial charge is 0.469 e. The van der Waals surface area contributed by atoms with Gasteiger partial charge in [-0.1, -0.05) is 13.8 Å². The van der Waals surface area contributed by atoms with E-state index in [4.69, 9.17) is 14.2 Å². The van der Waals surface area contributed by atoms with Crippen molar-refractivity contribution in [2.75, 3.05) is 7.11 Å². The van der Waals surface area contributed by atoms with Crippen molar-refractivity contribution in [3.63, 3.8) is 0 Å². The van der Waals surface area contributed by atoms with Gasteiger partial charge in [-0.2, -0.15) is 0 Å². The molecule has 2 saturated heterocycles. The second-order valence-corrected chi connectivity index (χ2v) is 11.1. The Balaban J connectivity index is 1.52. The first-order chi connectivity index (χ1) is 14.6. The summed E-state index contributed by atoms with van der Waals surface area (Å²) in [4.78, 5) is 37.5. The van der Waals surface area contributed by atoms with Crippen molar-refractivity contribution < 1.29 is 33.7 Å². The second kappa shape index (κ2) is 5.79. The zero-order valence-corrected chi connectivity index (χ0v) is 18.3. The van der Waals surface area contributed by atoms with Gasteiger partial charge in [0.2, 0.25) is 0 Å². The van der Waals surface area contributed by atoms with Gasteiger partial charge in [-0.15, -0.1) is 0 Å². The van der Waals surface area contributed by atoms with Gasteiger partial charge in [-0.05, 0) is 49.7 Å². The van der Waals surface area contributed by atoms with Crippen molar-refractivity contribution >= 4 is 17.7 Å². The Bertz CT molecular complexity index is 940. The van der Waals surface area contributed by atoms with Gasteiger partial charge in [0.15, 0.2) is 5.78 Å². The number of hydrogen-bond donors (Lipinski definition) is 1. The lowest BCUT2D eigenvalue weighted by atomic mass is 9.43.